The fraction of sp³-hybridized carbons (Fsp3) is 0.406. The van der Waals surface area contributed by atoms with Crippen molar-refractivity contribution in [1.29, 1.82) is 0 Å². The number of alkyl halides is 6. The lowest BCUT2D eigenvalue weighted by Gasteiger charge is -2.42. The van der Waals surface area contributed by atoms with Crippen molar-refractivity contribution in [2.75, 3.05) is 33.3 Å². The first-order valence-corrected chi connectivity index (χ1v) is 14.1. The number of methoxy groups -OCH3 is 1. The molecule has 44 heavy (non-hydrogen) atoms. The van der Waals surface area contributed by atoms with E-state index in [4.69, 9.17) is 4.74 Å². The van der Waals surface area contributed by atoms with Gasteiger partial charge in [-0.25, -0.2) is 4.79 Å². The summed E-state index contributed by atoms with van der Waals surface area (Å²) in [5.41, 5.74) is 0.239. The highest BCUT2D eigenvalue weighted by molar-refractivity contribution is 5.95. The fourth-order valence-electron chi connectivity index (χ4n) is 5.41. The van der Waals surface area contributed by atoms with Gasteiger partial charge in [0.2, 0.25) is 0 Å². The van der Waals surface area contributed by atoms with Gasteiger partial charge >= 0.3 is 18.3 Å². The fourth-order valence-corrected chi connectivity index (χ4v) is 5.41. The van der Waals surface area contributed by atoms with Gasteiger partial charge in [-0.2, -0.15) is 26.3 Å². The van der Waals surface area contributed by atoms with E-state index in [9.17, 15) is 35.9 Å². The van der Waals surface area contributed by atoms with E-state index >= 15 is 0 Å². The predicted molar refractivity (Wildman–Crippen MR) is 151 cm³/mol. The Kier molecular flexibility index (Phi) is 10.0. The summed E-state index contributed by atoms with van der Waals surface area (Å²) >= 11 is 0. The summed E-state index contributed by atoms with van der Waals surface area (Å²) in [6.07, 6.45) is -7.07. The number of aryl methyl sites for hydroxylation is 3. The minimum Gasteiger partial charge on any atom is -0.465 e. The van der Waals surface area contributed by atoms with Gasteiger partial charge in [0.25, 0.3) is 5.91 Å². The Morgan fingerprint density at radius 3 is 2.23 bits per heavy atom. The van der Waals surface area contributed by atoms with Crippen molar-refractivity contribution in [1.82, 2.24) is 14.8 Å². The molecule has 0 N–H and O–H groups in total. The number of amides is 1. The number of nitrogens with zero attached hydrogens (tertiary/aromatic N) is 3. The Bertz CT molecular complexity index is 1470. The number of hydrogen-bond acceptors (Lipinski definition) is 5. The standard InChI is InChI=1S/C32H33F6N3O3/c1-20-8-9-22(14-21(20)2)15-26-19-40(11-5-7-28-27(30(43)44-3)6-4-10-39-28)12-13-41(26)29(42)23-16-24(31(33,34)35)18-25(17-23)32(36,37)38/h4,6,8-10,14,16-18,26H,5,7,11-13,15,19H2,1-3H3/t26-/m1/s1. The molecule has 0 saturated carbocycles. The van der Waals surface area contributed by atoms with Gasteiger partial charge in [0, 0.05) is 37.4 Å². The maximum Gasteiger partial charge on any atom is 0.416 e. The molecule has 0 radical (unpaired) electrons. The Balaban J connectivity index is 1.57. The predicted octanol–water partition coefficient (Wildman–Crippen LogP) is 6.52. The molecule has 236 valence electrons. The van der Waals surface area contributed by atoms with E-state index in [1.54, 1.807) is 18.3 Å². The lowest BCUT2D eigenvalue weighted by molar-refractivity contribution is -0.143. The van der Waals surface area contributed by atoms with Crippen molar-refractivity contribution in [2.24, 2.45) is 0 Å². The molecule has 0 aliphatic carbocycles. The molecular formula is C32H33F6N3O3. The minimum atomic E-state index is -5.06. The smallest absolute Gasteiger partial charge is 0.416 e. The van der Waals surface area contributed by atoms with Gasteiger partial charge in [-0.1, -0.05) is 18.2 Å². The molecular weight excluding hydrogens is 588 g/mol. The molecule has 1 atom stereocenters. The SMILES string of the molecule is COC(=O)c1cccnc1CCCN1CCN(C(=O)c2cc(C(F)(F)F)cc(C(F)(F)F)c2)[C@H](Cc2ccc(C)c(C)c2)C1. The monoisotopic (exact) mass is 621 g/mol. The Morgan fingerprint density at radius 2 is 1.61 bits per heavy atom. The first-order chi connectivity index (χ1) is 20.7. The van der Waals surface area contributed by atoms with Crippen molar-refractivity contribution >= 4 is 11.9 Å². The van der Waals surface area contributed by atoms with Gasteiger partial charge < -0.3 is 9.64 Å². The van der Waals surface area contributed by atoms with Gasteiger partial charge in [-0.15, -0.1) is 0 Å². The van der Waals surface area contributed by atoms with E-state index in [0.717, 1.165) is 16.7 Å². The highest BCUT2D eigenvalue weighted by Crippen LogP contribution is 2.37. The van der Waals surface area contributed by atoms with E-state index in [0.29, 0.717) is 62.3 Å². The molecule has 0 bridgehead atoms. The topological polar surface area (TPSA) is 62.7 Å². The largest absolute Gasteiger partial charge is 0.465 e. The zero-order chi connectivity index (χ0) is 32.2. The molecule has 1 amide bonds. The summed E-state index contributed by atoms with van der Waals surface area (Å²) in [5, 5.41) is 0. The summed E-state index contributed by atoms with van der Waals surface area (Å²) in [5.74, 6) is -1.37. The number of hydrogen-bond donors (Lipinski definition) is 0. The van der Waals surface area contributed by atoms with Gasteiger partial charge in [0.15, 0.2) is 0 Å². The van der Waals surface area contributed by atoms with Gasteiger partial charge in [-0.3, -0.25) is 14.7 Å². The van der Waals surface area contributed by atoms with Crippen LogP contribution in [0.1, 0.15) is 60.6 Å². The maximum atomic E-state index is 13.6. The van der Waals surface area contributed by atoms with Crippen LogP contribution in [-0.4, -0.2) is 66.0 Å². The molecule has 2 heterocycles. The molecule has 1 aromatic heterocycles. The van der Waals surface area contributed by atoms with Crippen LogP contribution in [0.25, 0.3) is 0 Å². The first kappa shape index (κ1) is 33.0. The lowest BCUT2D eigenvalue weighted by atomic mass is 9.97. The number of carbonyl (C=O) groups excluding carboxylic acids is 2. The number of esters is 1. The molecule has 3 aromatic rings. The Hall–Kier alpha value is -3.93. The number of pyridine rings is 1. The minimum absolute atomic E-state index is 0.0223. The van der Waals surface area contributed by atoms with E-state index in [2.05, 4.69) is 9.88 Å². The van der Waals surface area contributed by atoms with Crippen LogP contribution in [-0.2, 0) is 29.9 Å². The van der Waals surface area contributed by atoms with Crippen LogP contribution >= 0.6 is 0 Å². The van der Waals surface area contributed by atoms with Gasteiger partial charge in [0.1, 0.15) is 0 Å². The van der Waals surface area contributed by atoms with Gasteiger partial charge in [-0.05, 0) is 86.7 Å². The second-order valence-corrected chi connectivity index (χ2v) is 11.0. The summed E-state index contributed by atoms with van der Waals surface area (Å²) < 4.78 is 86.0. The summed E-state index contributed by atoms with van der Waals surface area (Å²) in [7, 11) is 1.29. The van der Waals surface area contributed by atoms with Crippen molar-refractivity contribution in [3.63, 3.8) is 0 Å². The van der Waals surface area contributed by atoms with Crippen LogP contribution in [0.2, 0.25) is 0 Å². The van der Waals surface area contributed by atoms with Crippen molar-refractivity contribution < 1.29 is 40.7 Å². The summed E-state index contributed by atoms with van der Waals surface area (Å²) in [6.45, 7) is 5.31. The Morgan fingerprint density at radius 1 is 0.932 bits per heavy atom. The van der Waals surface area contributed by atoms with E-state index < -0.39 is 47.0 Å². The molecule has 0 spiro atoms. The number of rotatable bonds is 8. The van der Waals surface area contributed by atoms with Crippen LogP contribution in [0, 0.1) is 13.8 Å². The number of piperazine rings is 1. The molecule has 1 fully saturated rings. The quantitative estimate of drug-likeness (QED) is 0.212. The molecule has 12 heteroatoms. The molecule has 1 aliphatic heterocycles. The van der Waals surface area contributed by atoms with E-state index in [1.807, 2.05) is 32.0 Å². The van der Waals surface area contributed by atoms with Crippen LogP contribution in [0.15, 0.2) is 54.7 Å². The highest BCUT2D eigenvalue weighted by Gasteiger charge is 2.39. The summed E-state index contributed by atoms with van der Waals surface area (Å²) in [4.78, 5) is 33.5. The Labute approximate surface area is 251 Å². The third kappa shape index (κ3) is 7.96. The lowest BCUT2D eigenvalue weighted by Crippen LogP contribution is -2.56. The number of benzene rings is 2. The van der Waals surface area contributed by atoms with Gasteiger partial charge in [0.05, 0.1) is 29.5 Å². The number of halogens is 6. The molecule has 0 unspecified atom stereocenters. The molecule has 2 aromatic carbocycles. The third-order valence-corrected chi connectivity index (χ3v) is 7.89. The van der Waals surface area contributed by atoms with Crippen molar-refractivity contribution in [3.05, 3.63) is 99.4 Å². The number of aromatic nitrogens is 1. The number of ether oxygens (including phenoxy) is 1. The van der Waals surface area contributed by atoms with Crippen LogP contribution in [0.3, 0.4) is 0 Å². The average molecular weight is 622 g/mol. The average Bonchev–Trinajstić information content (AvgIpc) is 2.97. The zero-order valence-electron chi connectivity index (χ0n) is 24.6. The normalized spacial score (nSPS) is 16.2. The number of carbonyl (C=O) groups is 2. The van der Waals surface area contributed by atoms with Crippen molar-refractivity contribution in [3.8, 4) is 0 Å². The second kappa shape index (κ2) is 13.4. The highest BCUT2D eigenvalue weighted by atomic mass is 19.4. The summed E-state index contributed by atoms with van der Waals surface area (Å²) in [6, 6.07) is 9.58. The third-order valence-electron chi connectivity index (χ3n) is 7.89. The molecule has 1 aliphatic rings. The zero-order valence-corrected chi connectivity index (χ0v) is 24.6. The van der Waals surface area contributed by atoms with Crippen LogP contribution in [0.5, 0.6) is 0 Å². The van der Waals surface area contributed by atoms with Crippen molar-refractivity contribution in [2.45, 2.75) is 51.5 Å². The first-order valence-electron chi connectivity index (χ1n) is 14.1. The molecule has 4 rings (SSSR count). The molecule has 1 saturated heterocycles. The second-order valence-electron chi connectivity index (χ2n) is 11.0. The van der Waals surface area contributed by atoms with Crippen LogP contribution in [0.4, 0.5) is 26.3 Å². The van der Waals surface area contributed by atoms with E-state index in [1.165, 1.54) is 12.0 Å². The van der Waals surface area contributed by atoms with E-state index in [-0.39, 0.29) is 12.6 Å². The maximum absolute atomic E-state index is 13.6. The molecule has 6 nitrogen and oxygen atoms in total. The van der Waals surface area contributed by atoms with Crippen LogP contribution < -0.4 is 0 Å².